The third-order valence-electron chi connectivity index (χ3n) is 5.44. The summed E-state index contributed by atoms with van der Waals surface area (Å²) in [5.74, 6) is -0.385. The van der Waals surface area contributed by atoms with E-state index in [0.717, 1.165) is 37.7 Å². The number of benzene rings is 1. The smallest absolute Gasteiger partial charge is 0.321 e. The van der Waals surface area contributed by atoms with Crippen LogP contribution < -0.4 is 10.6 Å². The molecule has 1 aliphatic carbocycles. The third-order valence-corrected chi connectivity index (χ3v) is 7.34. The highest BCUT2D eigenvalue weighted by molar-refractivity contribution is 7.89. The molecule has 0 unspecified atom stereocenters. The van der Waals surface area contributed by atoms with Gasteiger partial charge in [0.2, 0.25) is 15.9 Å². The molecule has 9 heteroatoms. The molecule has 2 aliphatic rings. The summed E-state index contributed by atoms with van der Waals surface area (Å²) in [5, 5.41) is 4.89. The van der Waals surface area contributed by atoms with Crippen LogP contribution in [0.3, 0.4) is 0 Å². The van der Waals surface area contributed by atoms with Crippen LogP contribution in [0.2, 0.25) is 0 Å². The maximum atomic E-state index is 13.0. The van der Waals surface area contributed by atoms with Crippen molar-refractivity contribution in [2.24, 2.45) is 0 Å². The van der Waals surface area contributed by atoms with E-state index in [2.05, 4.69) is 10.6 Å². The van der Waals surface area contributed by atoms with E-state index in [0.29, 0.717) is 37.6 Å². The SMILES string of the molecule is CCCNC(=O)NC(=O)CN1CCN(S(=O)(=O)c2ccc3c(c2)CCCC3)CC1. The van der Waals surface area contributed by atoms with Gasteiger partial charge in [-0.1, -0.05) is 13.0 Å². The van der Waals surface area contributed by atoms with Crippen molar-refractivity contribution in [2.45, 2.75) is 43.9 Å². The minimum absolute atomic E-state index is 0.0757. The van der Waals surface area contributed by atoms with Crippen molar-refractivity contribution in [1.82, 2.24) is 19.8 Å². The number of hydrogen-bond acceptors (Lipinski definition) is 5. The average Bonchev–Trinajstić information content (AvgIpc) is 2.72. The molecular weight excluding hydrogens is 392 g/mol. The van der Waals surface area contributed by atoms with Crippen molar-refractivity contribution in [3.63, 3.8) is 0 Å². The van der Waals surface area contributed by atoms with Crippen LogP contribution in [-0.4, -0.2) is 68.8 Å². The van der Waals surface area contributed by atoms with Gasteiger partial charge in [0.1, 0.15) is 0 Å². The molecule has 0 atom stereocenters. The Morgan fingerprint density at radius 3 is 2.41 bits per heavy atom. The van der Waals surface area contributed by atoms with Crippen LogP contribution in [0.25, 0.3) is 0 Å². The summed E-state index contributed by atoms with van der Waals surface area (Å²) < 4.78 is 27.5. The van der Waals surface area contributed by atoms with Gasteiger partial charge in [0.25, 0.3) is 0 Å². The standard InChI is InChI=1S/C20H30N4O4S/c1-2-9-21-20(26)22-19(25)15-23-10-12-24(13-11-23)29(27,28)18-8-7-16-5-3-4-6-17(16)14-18/h7-8,14H,2-6,9-13,15H2,1H3,(H2,21,22,25,26). The fourth-order valence-corrected chi connectivity index (χ4v) is 5.27. The van der Waals surface area contributed by atoms with Gasteiger partial charge < -0.3 is 5.32 Å². The Labute approximate surface area is 172 Å². The minimum Gasteiger partial charge on any atom is -0.338 e. The van der Waals surface area contributed by atoms with Gasteiger partial charge in [0, 0.05) is 32.7 Å². The Hall–Kier alpha value is -1.97. The van der Waals surface area contributed by atoms with Crippen LogP contribution in [0.5, 0.6) is 0 Å². The van der Waals surface area contributed by atoms with Gasteiger partial charge in [-0.2, -0.15) is 4.31 Å². The van der Waals surface area contributed by atoms with E-state index in [1.165, 1.54) is 9.87 Å². The van der Waals surface area contributed by atoms with E-state index in [9.17, 15) is 18.0 Å². The molecule has 0 radical (unpaired) electrons. The average molecular weight is 423 g/mol. The maximum absolute atomic E-state index is 13.0. The van der Waals surface area contributed by atoms with Gasteiger partial charge in [-0.3, -0.25) is 15.0 Å². The molecule has 1 heterocycles. The molecule has 1 aliphatic heterocycles. The number of fused-ring (bicyclic) bond motifs is 1. The first-order valence-electron chi connectivity index (χ1n) is 10.3. The normalized spacial score (nSPS) is 18.1. The molecule has 3 rings (SSSR count). The minimum atomic E-state index is -3.53. The maximum Gasteiger partial charge on any atom is 0.321 e. The lowest BCUT2D eigenvalue weighted by Gasteiger charge is -2.33. The number of urea groups is 1. The quantitative estimate of drug-likeness (QED) is 0.716. The van der Waals surface area contributed by atoms with Gasteiger partial charge in [0.15, 0.2) is 0 Å². The Kier molecular flexibility index (Phi) is 7.26. The monoisotopic (exact) mass is 422 g/mol. The van der Waals surface area contributed by atoms with Crippen LogP contribution in [0, 0.1) is 0 Å². The number of hydrogen-bond donors (Lipinski definition) is 2. The molecule has 0 saturated carbocycles. The first-order valence-corrected chi connectivity index (χ1v) is 11.8. The fourth-order valence-electron chi connectivity index (χ4n) is 3.80. The van der Waals surface area contributed by atoms with Gasteiger partial charge in [-0.15, -0.1) is 0 Å². The topological polar surface area (TPSA) is 98.8 Å². The third kappa shape index (κ3) is 5.55. The van der Waals surface area contributed by atoms with E-state index in [-0.39, 0.29) is 12.5 Å². The number of piperazine rings is 1. The molecule has 1 aromatic carbocycles. The van der Waals surface area contributed by atoms with Crippen molar-refractivity contribution in [3.05, 3.63) is 29.3 Å². The second-order valence-corrected chi connectivity index (χ2v) is 9.56. The zero-order valence-corrected chi connectivity index (χ0v) is 17.8. The lowest BCUT2D eigenvalue weighted by molar-refractivity contribution is -0.121. The van der Waals surface area contributed by atoms with Crippen molar-refractivity contribution >= 4 is 22.0 Å². The number of imide groups is 1. The Balaban J connectivity index is 1.53. The Morgan fingerprint density at radius 1 is 1.03 bits per heavy atom. The van der Waals surface area contributed by atoms with E-state index >= 15 is 0 Å². The number of aryl methyl sites for hydroxylation is 2. The lowest BCUT2D eigenvalue weighted by atomic mass is 9.92. The molecule has 8 nitrogen and oxygen atoms in total. The van der Waals surface area contributed by atoms with Crippen LogP contribution in [0.4, 0.5) is 4.79 Å². The summed E-state index contributed by atoms with van der Waals surface area (Å²) in [6.45, 7) is 4.08. The van der Waals surface area contributed by atoms with E-state index in [4.69, 9.17) is 0 Å². The highest BCUT2D eigenvalue weighted by Crippen LogP contribution is 2.26. The first-order chi connectivity index (χ1) is 13.9. The van der Waals surface area contributed by atoms with Crippen molar-refractivity contribution in [3.8, 4) is 0 Å². The number of nitrogens with zero attached hydrogens (tertiary/aromatic N) is 2. The van der Waals surface area contributed by atoms with Crippen molar-refractivity contribution in [1.29, 1.82) is 0 Å². The molecule has 0 aromatic heterocycles. The van der Waals surface area contributed by atoms with Crippen LogP contribution in [0.15, 0.2) is 23.1 Å². The first kappa shape index (κ1) is 21.7. The molecule has 0 spiro atoms. The largest absolute Gasteiger partial charge is 0.338 e. The molecule has 1 aromatic rings. The van der Waals surface area contributed by atoms with Crippen molar-refractivity contribution in [2.75, 3.05) is 39.3 Å². The van der Waals surface area contributed by atoms with E-state index < -0.39 is 16.1 Å². The lowest BCUT2D eigenvalue weighted by Crippen LogP contribution is -2.52. The molecule has 29 heavy (non-hydrogen) atoms. The van der Waals surface area contributed by atoms with Gasteiger partial charge in [-0.05, 0) is 55.4 Å². The Bertz CT molecular complexity index is 848. The zero-order valence-electron chi connectivity index (χ0n) is 16.9. The molecule has 3 amide bonds. The molecule has 160 valence electrons. The van der Waals surface area contributed by atoms with Gasteiger partial charge in [-0.25, -0.2) is 13.2 Å². The second kappa shape index (κ2) is 9.69. The number of nitrogens with one attached hydrogen (secondary N) is 2. The summed E-state index contributed by atoms with van der Waals surface area (Å²) in [7, 11) is -3.53. The molecule has 2 N–H and O–H groups in total. The van der Waals surface area contributed by atoms with E-state index in [1.54, 1.807) is 6.07 Å². The summed E-state index contributed by atoms with van der Waals surface area (Å²) in [5.41, 5.74) is 2.41. The van der Waals surface area contributed by atoms with E-state index in [1.807, 2.05) is 24.0 Å². The van der Waals surface area contributed by atoms with Crippen LogP contribution in [0.1, 0.15) is 37.3 Å². The van der Waals surface area contributed by atoms with Gasteiger partial charge in [0.05, 0.1) is 11.4 Å². The van der Waals surface area contributed by atoms with Crippen LogP contribution in [-0.2, 0) is 27.7 Å². The second-order valence-electron chi connectivity index (χ2n) is 7.62. The van der Waals surface area contributed by atoms with Crippen LogP contribution >= 0.6 is 0 Å². The number of amides is 3. The fraction of sp³-hybridized carbons (Fsp3) is 0.600. The molecule has 0 bridgehead atoms. The zero-order chi connectivity index (χ0) is 20.9. The number of sulfonamides is 1. The molecular formula is C20H30N4O4S. The van der Waals surface area contributed by atoms with Gasteiger partial charge >= 0.3 is 6.03 Å². The number of rotatable bonds is 6. The summed E-state index contributed by atoms with van der Waals surface area (Å²) >= 11 is 0. The van der Waals surface area contributed by atoms with Crippen molar-refractivity contribution < 1.29 is 18.0 Å². The molecule has 1 fully saturated rings. The highest BCUT2D eigenvalue weighted by Gasteiger charge is 2.29. The number of carbonyl (C=O) groups is 2. The summed E-state index contributed by atoms with van der Waals surface area (Å²) in [6, 6.07) is 5.00. The Morgan fingerprint density at radius 2 is 1.72 bits per heavy atom. The predicted molar refractivity (Wildman–Crippen MR) is 110 cm³/mol. The highest BCUT2D eigenvalue weighted by atomic mass is 32.2. The summed E-state index contributed by atoms with van der Waals surface area (Å²) in [4.78, 5) is 25.7. The summed E-state index contributed by atoms with van der Waals surface area (Å²) in [6.07, 6.45) is 5.02. The number of carbonyl (C=O) groups excluding carboxylic acids is 2. The predicted octanol–water partition coefficient (Wildman–Crippen LogP) is 1.11. The molecule has 1 saturated heterocycles.